The summed E-state index contributed by atoms with van der Waals surface area (Å²) in [6.45, 7) is 23.6. The smallest absolute Gasteiger partial charge is 0.198 e. The topological polar surface area (TPSA) is 30.1 Å². The Morgan fingerprint density at radius 1 is 0.530 bits per heavy atom. The molecule has 0 spiro atoms. The molecule has 66 heavy (non-hydrogen) atoms. The van der Waals surface area contributed by atoms with E-state index in [9.17, 15) is 0 Å². The van der Waals surface area contributed by atoms with E-state index in [0.29, 0.717) is 0 Å². The quantitative estimate of drug-likeness (QED) is 0.179. The monoisotopic (exact) mass is 854 g/mol. The van der Waals surface area contributed by atoms with Gasteiger partial charge in [-0.25, -0.2) is 0 Å². The van der Waals surface area contributed by atoms with E-state index in [-0.39, 0.29) is 21.7 Å². The van der Waals surface area contributed by atoms with Crippen LogP contribution in [0.5, 0.6) is 0 Å². The van der Waals surface area contributed by atoms with Crippen LogP contribution in [0.3, 0.4) is 0 Å². The number of benzene rings is 8. The fourth-order valence-corrected chi connectivity index (χ4v) is 12.4. The summed E-state index contributed by atoms with van der Waals surface area (Å²) in [5.41, 5.74) is 26.3. The predicted molar refractivity (Wildman–Crippen MR) is 282 cm³/mol. The van der Waals surface area contributed by atoms with Crippen molar-refractivity contribution in [1.29, 1.82) is 0 Å². The second-order valence-electron chi connectivity index (χ2n) is 22.6. The van der Waals surface area contributed by atoms with Crippen molar-refractivity contribution >= 4 is 73.3 Å². The van der Waals surface area contributed by atoms with Crippen LogP contribution in [0.25, 0.3) is 82.8 Å². The van der Waals surface area contributed by atoms with Crippen LogP contribution in [0.2, 0.25) is 0 Å². The van der Waals surface area contributed by atoms with Crippen LogP contribution in [0, 0.1) is 0 Å². The number of fused-ring (bicyclic) bond motifs is 15. The SMILES string of the molecule is CC(C)(C)c1ccc(Nc2cc3oc4ccccc4c3cc2-c2c3c(c4c5cc(C(C)(C)C)ccc5n5c4c2Bc2cc4c(cc2-5)C(C)(C)c2ccccc2-4)C(C)(C)c2ccccc2-3)cc1. The Labute approximate surface area is 388 Å². The first-order chi connectivity index (χ1) is 31.5. The van der Waals surface area contributed by atoms with Gasteiger partial charge in [-0.05, 0) is 120 Å². The molecule has 2 aromatic heterocycles. The van der Waals surface area contributed by atoms with Crippen molar-refractivity contribution in [3.05, 3.63) is 173 Å². The van der Waals surface area contributed by atoms with Gasteiger partial charge in [-0.15, -0.1) is 0 Å². The third-order valence-corrected chi connectivity index (χ3v) is 15.9. The van der Waals surface area contributed by atoms with Gasteiger partial charge in [-0.3, -0.25) is 0 Å². The number of hydrogen-bond acceptors (Lipinski definition) is 2. The third kappa shape index (κ3) is 5.27. The number of furan rings is 1. The van der Waals surface area contributed by atoms with Gasteiger partial charge in [0.25, 0.3) is 0 Å². The zero-order valence-electron chi connectivity index (χ0n) is 39.8. The molecule has 0 saturated carbocycles. The van der Waals surface area contributed by atoms with Crippen molar-refractivity contribution in [1.82, 2.24) is 4.57 Å². The first-order valence-corrected chi connectivity index (χ1v) is 23.9. The molecule has 2 aliphatic carbocycles. The van der Waals surface area contributed by atoms with E-state index in [1.54, 1.807) is 0 Å². The lowest BCUT2D eigenvalue weighted by atomic mass is 9.57. The van der Waals surface area contributed by atoms with Gasteiger partial charge in [-0.2, -0.15) is 0 Å². The van der Waals surface area contributed by atoms with E-state index in [1.165, 1.54) is 105 Å². The fourth-order valence-electron chi connectivity index (χ4n) is 12.4. The van der Waals surface area contributed by atoms with E-state index in [0.717, 1.165) is 40.6 Å². The lowest BCUT2D eigenvalue weighted by Crippen LogP contribution is -2.38. The fraction of sp³-hybridized carbons (Fsp3) is 0.226. The summed E-state index contributed by atoms with van der Waals surface area (Å²) < 4.78 is 9.37. The van der Waals surface area contributed by atoms with Crippen molar-refractivity contribution < 1.29 is 4.42 Å². The van der Waals surface area contributed by atoms with Gasteiger partial charge in [0.05, 0.1) is 11.2 Å². The zero-order chi connectivity index (χ0) is 45.4. The highest BCUT2D eigenvalue weighted by atomic mass is 16.3. The van der Waals surface area contributed by atoms with Gasteiger partial charge in [-0.1, -0.05) is 166 Å². The maximum atomic E-state index is 6.69. The molecule has 3 aliphatic rings. The van der Waals surface area contributed by atoms with Crippen LogP contribution in [-0.2, 0) is 21.7 Å². The molecular formula is C62H55BN2O. The first-order valence-electron chi connectivity index (χ1n) is 23.9. The molecule has 1 aliphatic heterocycles. The lowest BCUT2D eigenvalue weighted by Gasteiger charge is -2.30. The predicted octanol–water partition coefficient (Wildman–Crippen LogP) is 15.0. The van der Waals surface area contributed by atoms with Crippen LogP contribution in [0.1, 0.15) is 103 Å². The number of hydrogen-bond donors (Lipinski definition) is 1. The normalized spacial score (nSPS) is 15.2. The van der Waals surface area contributed by atoms with Crippen molar-refractivity contribution in [2.75, 3.05) is 5.32 Å². The zero-order valence-corrected chi connectivity index (χ0v) is 39.8. The standard InChI is InChI=1S/C62H55BN2O/c1-59(2,3)34-23-26-36(27-24-34)64-48-33-52-41(38-18-13-16-22-51(38)66-52)30-42(48)54-53-39-19-12-15-21-45(39)62(9,10)56(53)55-43-29-35(60(4,5)6)25-28-49(43)65-50-32-46-40(31-47(50)63-57(54)58(55)65)37-17-11-14-20-44(37)61(46,7)8/h11-33,63-64H,1-10H3. The Morgan fingerprint density at radius 2 is 1.20 bits per heavy atom. The second-order valence-corrected chi connectivity index (χ2v) is 22.6. The molecule has 0 atom stereocenters. The molecule has 4 heteroatoms. The van der Waals surface area contributed by atoms with Gasteiger partial charge in [0.15, 0.2) is 7.28 Å². The van der Waals surface area contributed by atoms with Gasteiger partial charge in [0.2, 0.25) is 0 Å². The summed E-state index contributed by atoms with van der Waals surface area (Å²) in [4.78, 5) is 0. The molecule has 322 valence electrons. The molecule has 0 fully saturated rings. The summed E-state index contributed by atoms with van der Waals surface area (Å²) >= 11 is 0. The molecule has 0 radical (unpaired) electrons. The molecule has 1 N–H and O–H groups in total. The average molecular weight is 855 g/mol. The van der Waals surface area contributed by atoms with Gasteiger partial charge >= 0.3 is 0 Å². The highest BCUT2D eigenvalue weighted by molar-refractivity contribution is 6.74. The van der Waals surface area contributed by atoms with Crippen molar-refractivity contribution in [3.63, 3.8) is 0 Å². The van der Waals surface area contributed by atoms with E-state index in [2.05, 4.69) is 219 Å². The van der Waals surface area contributed by atoms with Gasteiger partial charge in [0.1, 0.15) is 11.2 Å². The number of nitrogens with zero attached hydrogens (tertiary/aromatic N) is 1. The number of aromatic nitrogens is 1. The van der Waals surface area contributed by atoms with Crippen LogP contribution in [-0.4, -0.2) is 11.8 Å². The Morgan fingerprint density at radius 3 is 1.94 bits per heavy atom. The van der Waals surface area contributed by atoms with E-state index in [1.807, 2.05) is 0 Å². The largest absolute Gasteiger partial charge is 0.456 e. The summed E-state index contributed by atoms with van der Waals surface area (Å²) in [6, 6.07) is 53.0. The number of rotatable bonds is 3. The molecule has 13 rings (SSSR count). The Balaban J connectivity index is 1.21. The maximum absolute atomic E-state index is 6.69. The van der Waals surface area contributed by atoms with Gasteiger partial charge in [0, 0.05) is 60.9 Å². The van der Waals surface area contributed by atoms with Crippen molar-refractivity contribution in [2.24, 2.45) is 0 Å². The number of para-hydroxylation sites is 1. The second kappa shape index (κ2) is 13.0. The summed E-state index contributed by atoms with van der Waals surface area (Å²) in [5.74, 6) is 0. The lowest BCUT2D eigenvalue weighted by molar-refractivity contribution is 0.590. The van der Waals surface area contributed by atoms with E-state index >= 15 is 0 Å². The Kier molecular flexibility index (Phi) is 7.78. The van der Waals surface area contributed by atoms with Crippen LogP contribution in [0.15, 0.2) is 144 Å². The minimum absolute atomic E-state index is 0.0177. The van der Waals surface area contributed by atoms with Crippen LogP contribution < -0.4 is 16.2 Å². The minimum Gasteiger partial charge on any atom is -0.456 e. The van der Waals surface area contributed by atoms with Crippen LogP contribution >= 0.6 is 0 Å². The Bertz CT molecular complexity index is 3770. The summed E-state index contributed by atoms with van der Waals surface area (Å²) in [6.07, 6.45) is 0. The summed E-state index contributed by atoms with van der Waals surface area (Å²) in [7, 11) is 0.805. The highest BCUT2D eigenvalue weighted by Crippen LogP contribution is 2.58. The highest BCUT2D eigenvalue weighted by Gasteiger charge is 2.44. The van der Waals surface area contributed by atoms with Crippen LogP contribution in [0.4, 0.5) is 11.4 Å². The molecule has 8 aromatic carbocycles. The molecule has 3 nitrogen and oxygen atoms in total. The van der Waals surface area contributed by atoms with E-state index in [4.69, 9.17) is 4.42 Å². The molecule has 0 bridgehead atoms. The molecule has 10 aromatic rings. The van der Waals surface area contributed by atoms with E-state index < -0.39 is 0 Å². The average Bonchev–Trinajstić information content (AvgIpc) is 3.96. The molecule has 0 amide bonds. The molecule has 0 unspecified atom stereocenters. The summed E-state index contributed by atoms with van der Waals surface area (Å²) in [5, 5.41) is 9.00. The molecule has 3 heterocycles. The minimum atomic E-state index is -0.277. The number of nitrogens with one attached hydrogen (secondary N) is 1. The van der Waals surface area contributed by atoms with Crippen molar-refractivity contribution in [3.8, 4) is 39.1 Å². The molecule has 0 saturated heterocycles. The number of anilines is 2. The molecular weight excluding hydrogens is 800 g/mol. The van der Waals surface area contributed by atoms with Gasteiger partial charge < -0.3 is 14.3 Å². The Hall–Kier alpha value is -6.78. The third-order valence-electron chi connectivity index (χ3n) is 15.9. The maximum Gasteiger partial charge on any atom is 0.198 e. The first kappa shape index (κ1) is 39.6. The van der Waals surface area contributed by atoms with Crippen molar-refractivity contribution in [2.45, 2.75) is 90.9 Å².